The summed E-state index contributed by atoms with van der Waals surface area (Å²) in [5.41, 5.74) is 2.22. The molecular weight excluding hydrogens is 554 g/mol. The molecule has 1 aromatic heterocycles. The largest absolute Gasteiger partial charge is 0.507 e. The molecule has 3 aromatic carbocycles. The van der Waals surface area contributed by atoms with Crippen molar-refractivity contribution in [2.45, 2.75) is 12.5 Å². The highest BCUT2D eigenvalue weighted by Gasteiger charge is 2.46. The maximum atomic E-state index is 13.3. The molecular formula is C28H22BrN3O6. The number of rotatable bonds is 7. The summed E-state index contributed by atoms with van der Waals surface area (Å²) in [6, 6.07) is 17.1. The smallest absolute Gasteiger partial charge is 0.295 e. The Morgan fingerprint density at radius 2 is 1.89 bits per heavy atom. The Labute approximate surface area is 225 Å². The van der Waals surface area contributed by atoms with Crippen LogP contribution >= 0.6 is 15.9 Å². The van der Waals surface area contributed by atoms with Crippen molar-refractivity contribution < 1.29 is 24.4 Å². The Morgan fingerprint density at radius 3 is 2.61 bits per heavy atom. The van der Waals surface area contributed by atoms with Crippen molar-refractivity contribution in [3.63, 3.8) is 0 Å². The van der Waals surface area contributed by atoms with Gasteiger partial charge in [-0.3, -0.25) is 19.7 Å². The second-order valence-corrected chi connectivity index (χ2v) is 9.74. The lowest BCUT2D eigenvalue weighted by molar-refractivity contribution is -0.384. The van der Waals surface area contributed by atoms with Gasteiger partial charge in [0.25, 0.3) is 17.4 Å². The maximum absolute atomic E-state index is 13.3. The van der Waals surface area contributed by atoms with Gasteiger partial charge in [-0.15, -0.1) is 0 Å². The molecule has 2 heterocycles. The number of likely N-dealkylation sites (tertiary alicyclic amines) is 1. The van der Waals surface area contributed by atoms with Gasteiger partial charge in [0, 0.05) is 45.8 Å². The highest BCUT2D eigenvalue weighted by Crippen LogP contribution is 2.40. The number of carbonyl (C=O) groups is 2. The van der Waals surface area contributed by atoms with Gasteiger partial charge in [0.05, 0.1) is 23.6 Å². The third-order valence-electron chi connectivity index (χ3n) is 6.65. The van der Waals surface area contributed by atoms with E-state index in [1.165, 1.54) is 23.1 Å². The number of nitro groups is 1. The number of nitrogens with one attached hydrogen (secondary N) is 1. The molecule has 1 unspecified atom stereocenters. The first-order valence-corrected chi connectivity index (χ1v) is 12.5. The average molecular weight is 576 g/mol. The third kappa shape index (κ3) is 4.54. The van der Waals surface area contributed by atoms with E-state index in [0.717, 1.165) is 20.9 Å². The number of carbonyl (C=O) groups excluding carboxylic acids is 2. The zero-order valence-corrected chi connectivity index (χ0v) is 21.8. The van der Waals surface area contributed by atoms with Crippen molar-refractivity contribution >= 4 is 50.0 Å². The molecule has 0 spiro atoms. The number of nitro benzene ring substituents is 1. The molecule has 5 rings (SSSR count). The number of non-ortho nitro benzene ring substituents is 1. The van der Waals surface area contributed by atoms with E-state index in [1.54, 1.807) is 37.4 Å². The van der Waals surface area contributed by atoms with Gasteiger partial charge in [0.1, 0.15) is 11.5 Å². The van der Waals surface area contributed by atoms with Crippen molar-refractivity contribution in [1.82, 2.24) is 9.88 Å². The minimum atomic E-state index is -1.00. The lowest BCUT2D eigenvalue weighted by Gasteiger charge is -2.25. The first-order valence-electron chi connectivity index (χ1n) is 11.7. The fourth-order valence-corrected chi connectivity index (χ4v) is 5.03. The molecule has 0 saturated carbocycles. The number of fused-ring (bicyclic) bond motifs is 1. The molecule has 1 amide bonds. The Hall–Kier alpha value is -4.44. The summed E-state index contributed by atoms with van der Waals surface area (Å²) < 4.78 is 6.11. The lowest BCUT2D eigenvalue weighted by Crippen LogP contribution is -2.31. The number of aliphatic hydroxyl groups excluding tert-OH is 1. The van der Waals surface area contributed by atoms with Crippen LogP contribution in [0.3, 0.4) is 0 Å². The molecule has 1 fully saturated rings. The number of aliphatic hydroxyl groups is 1. The summed E-state index contributed by atoms with van der Waals surface area (Å²) in [5.74, 6) is -1.28. The van der Waals surface area contributed by atoms with E-state index < -0.39 is 22.7 Å². The summed E-state index contributed by atoms with van der Waals surface area (Å²) in [6.45, 7) is 0.138. The number of hydrogen-bond donors (Lipinski definition) is 2. The van der Waals surface area contributed by atoms with Gasteiger partial charge in [-0.2, -0.15) is 0 Å². The molecule has 1 saturated heterocycles. The Morgan fingerprint density at radius 1 is 1.13 bits per heavy atom. The average Bonchev–Trinajstić information content (AvgIpc) is 3.44. The van der Waals surface area contributed by atoms with Gasteiger partial charge in [0.2, 0.25) is 0 Å². The fourth-order valence-electron chi connectivity index (χ4n) is 4.76. The molecule has 9 nitrogen and oxygen atoms in total. The number of amides is 1. The molecule has 0 aliphatic carbocycles. The topological polar surface area (TPSA) is 126 Å². The molecule has 192 valence electrons. The van der Waals surface area contributed by atoms with E-state index in [-0.39, 0.29) is 23.6 Å². The first kappa shape index (κ1) is 25.2. The van der Waals surface area contributed by atoms with Gasteiger partial charge in [0.15, 0.2) is 0 Å². The number of ketones is 1. The van der Waals surface area contributed by atoms with E-state index in [1.807, 2.05) is 24.4 Å². The van der Waals surface area contributed by atoms with E-state index in [0.29, 0.717) is 23.3 Å². The predicted octanol–water partition coefficient (Wildman–Crippen LogP) is 5.51. The molecule has 1 aliphatic rings. The van der Waals surface area contributed by atoms with E-state index in [2.05, 4.69) is 20.9 Å². The quantitative estimate of drug-likeness (QED) is 0.0983. The minimum Gasteiger partial charge on any atom is -0.507 e. The lowest BCUT2D eigenvalue weighted by atomic mass is 9.95. The molecule has 4 aromatic rings. The van der Waals surface area contributed by atoms with Crippen molar-refractivity contribution in [2.75, 3.05) is 13.7 Å². The van der Waals surface area contributed by atoms with Crippen LogP contribution in [0.5, 0.6) is 5.75 Å². The highest BCUT2D eigenvalue weighted by molar-refractivity contribution is 9.10. The van der Waals surface area contributed by atoms with Crippen LogP contribution in [0.1, 0.15) is 22.7 Å². The zero-order chi connectivity index (χ0) is 27.0. The third-order valence-corrected chi connectivity index (χ3v) is 7.18. The van der Waals surface area contributed by atoms with Crippen molar-refractivity contribution in [3.05, 3.63) is 110 Å². The molecule has 2 N–H and O–H groups in total. The maximum Gasteiger partial charge on any atom is 0.295 e. The second kappa shape index (κ2) is 10.1. The summed E-state index contributed by atoms with van der Waals surface area (Å²) >= 11 is 3.34. The standard InChI is InChI=1S/C28H22BrN3O6/c1-38-21-9-10-23-22(14-21)18(15-30-23)11-12-31-25(17-3-2-4-20(13-17)32(36)37)24(27(34)28(31)35)26(33)16-5-7-19(29)8-6-16/h2-10,13-15,25,30,33H,11-12H2,1H3/b26-24-. The van der Waals surface area contributed by atoms with Crippen LogP contribution in [0.25, 0.3) is 16.7 Å². The van der Waals surface area contributed by atoms with Gasteiger partial charge < -0.3 is 19.7 Å². The normalized spacial score (nSPS) is 16.8. The number of ether oxygens (including phenoxy) is 1. The Bertz CT molecular complexity index is 1610. The minimum absolute atomic E-state index is 0.113. The number of aromatic nitrogens is 1. The van der Waals surface area contributed by atoms with E-state index >= 15 is 0 Å². The van der Waals surface area contributed by atoms with Gasteiger partial charge in [-0.05, 0) is 47.9 Å². The van der Waals surface area contributed by atoms with Crippen LogP contribution in [0.2, 0.25) is 0 Å². The molecule has 1 atom stereocenters. The number of aromatic amines is 1. The number of H-pyrrole nitrogens is 1. The molecule has 10 heteroatoms. The van der Waals surface area contributed by atoms with Crippen LogP contribution in [-0.4, -0.2) is 45.3 Å². The Balaban J connectivity index is 1.58. The summed E-state index contributed by atoms with van der Waals surface area (Å²) in [5, 5.41) is 23.6. The monoisotopic (exact) mass is 575 g/mol. The van der Waals surface area contributed by atoms with Crippen LogP contribution < -0.4 is 4.74 Å². The fraction of sp³-hybridized carbons (Fsp3) is 0.143. The summed E-state index contributed by atoms with van der Waals surface area (Å²) in [6.07, 6.45) is 2.23. The number of hydrogen-bond acceptors (Lipinski definition) is 6. The number of nitrogens with zero attached hydrogens (tertiary/aromatic N) is 2. The number of Topliss-reactive ketones (excluding diaryl/α,β-unsaturated/α-hetero) is 1. The highest BCUT2D eigenvalue weighted by atomic mass is 79.9. The van der Waals surface area contributed by atoms with Gasteiger partial charge >= 0.3 is 0 Å². The summed E-state index contributed by atoms with van der Waals surface area (Å²) in [7, 11) is 1.58. The Kier molecular flexibility index (Phi) is 6.73. The van der Waals surface area contributed by atoms with E-state index in [9.17, 15) is 24.8 Å². The van der Waals surface area contributed by atoms with Crippen LogP contribution in [0, 0.1) is 10.1 Å². The summed E-state index contributed by atoms with van der Waals surface area (Å²) in [4.78, 5) is 42.1. The van der Waals surface area contributed by atoms with E-state index in [4.69, 9.17) is 4.74 Å². The first-order chi connectivity index (χ1) is 18.3. The van der Waals surface area contributed by atoms with Gasteiger partial charge in [-0.25, -0.2) is 0 Å². The zero-order valence-electron chi connectivity index (χ0n) is 20.2. The van der Waals surface area contributed by atoms with Crippen molar-refractivity contribution in [3.8, 4) is 5.75 Å². The molecule has 1 aliphatic heterocycles. The number of benzene rings is 3. The second-order valence-electron chi connectivity index (χ2n) is 8.83. The SMILES string of the molecule is COc1ccc2[nH]cc(CCN3C(=O)C(=O)/C(=C(\O)c4ccc(Br)cc4)C3c3cccc([N+](=O)[O-])c3)c2c1. The van der Waals surface area contributed by atoms with Crippen molar-refractivity contribution in [1.29, 1.82) is 0 Å². The number of methoxy groups -OCH3 is 1. The van der Waals surface area contributed by atoms with Crippen LogP contribution in [0.4, 0.5) is 5.69 Å². The van der Waals surface area contributed by atoms with Crippen LogP contribution in [-0.2, 0) is 16.0 Å². The van der Waals surface area contributed by atoms with Gasteiger partial charge in [-0.1, -0.05) is 40.2 Å². The van der Waals surface area contributed by atoms with Crippen molar-refractivity contribution in [2.24, 2.45) is 0 Å². The van der Waals surface area contributed by atoms with Crippen LogP contribution in [0.15, 0.2) is 83.0 Å². The molecule has 0 radical (unpaired) electrons. The number of halogens is 1. The predicted molar refractivity (Wildman–Crippen MR) is 145 cm³/mol. The molecule has 38 heavy (non-hydrogen) atoms. The molecule has 0 bridgehead atoms.